The van der Waals surface area contributed by atoms with Crippen molar-refractivity contribution in [2.24, 2.45) is 0 Å². The summed E-state index contributed by atoms with van der Waals surface area (Å²) >= 11 is 0. The molecule has 3 rings (SSSR count). The van der Waals surface area contributed by atoms with E-state index in [4.69, 9.17) is 18.6 Å². The van der Waals surface area contributed by atoms with E-state index >= 15 is 0 Å². The Morgan fingerprint density at radius 3 is 1.88 bits per heavy atom. The lowest BCUT2D eigenvalue weighted by Crippen LogP contribution is -2.48. The summed E-state index contributed by atoms with van der Waals surface area (Å²) in [5.74, 6) is 1.11. The van der Waals surface area contributed by atoms with Crippen molar-refractivity contribution in [2.45, 2.75) is 62.7 Å². The highest BCUT2D eigenvalue weighted by Gasteiger charge is 2.40. The number of rotatable bonds is 12. The zero-order chi connectivity index (χ0) is 29.7. The Morgan fingerprint density at radius 1 is 0.850 bits per heavy atom. The van der Waals surface area contributed by atoms with E-state index in [2.05, 4.69) is 38.6 Å². The third kappa shape index (κ3) is 7.26. The Kier molecular flexibility index (Phi) is 10.1. The van der Waals surface area contributed by atoms with Crippen molar-refractivity contribution >= 4 is 18.3 Å². The molecular formula is C31H43NO6SSi. The van der Waals surface area contributed by atoms with Gasteiger partial charge in [0.2, 0.25) is 10.0 Å². The summed E-state index contributed by atoms with van der Waals surface area (Å²) in [7, 11) is -1.43. The van der Waals surface area contributed by atoms with Crippen molar-refractivity contribution in [1.29, 1.82) is 0 Å². The van der Waals surface area contributed by atoms with E-state index in [1.54, 1.807) is 57.7 Å². The standard InChI is InChI=1S/C31H43NO6SSi/c1-22-15-17-25(18-16-22)39(33,34)32-26(21-38-40(8,9)31(2,3)4)29(23-13-11-10-12-14-23)30-27(36-6)19-24(35-5)20-28(30)37-7/h10-20,26,29,32H,21H2,1-9H3/t26-,29+/m0/s1. The number of hydrogen-bond donors (Lipinski definition) is 1. The largest absolute Gasteiger partial charge is 0.496 e. The van der Waals surface area contributed by atoms with Crippen LogP contribution >= 0.6 is 0 Å². The van der Waals surface area contributed by atoms with E-state index in [9.17, 15) is 8.42 Å². The molecule has 0 fully saturated rings. The highest BCUT2D eigenvalue weighted by atomic mass is 32.2. The van der Waals surface area contributed by atoms with E-state index in [1.165, 1.54) is 0 Å². The predicted octanol–water partition coefficient (Wildman–Crippen LogP) is 6.52. The molecule has 0 heterocycles. The van der Waals surface area contributed by atoms with Crippen LogP contribution in [0.3, 0.4) is 0 Å². The summed E-state index contributed by atoms with van der Waals surface area (Å²) in [6, 6.07) is 19.5. The quantitative estimate of drug-likeness (QED) is 0.244. The highest BCUT2D eigenvalue weighted by molar-refractivity contribution is 7.89. The van der Waals surface area contributed by atoms with Crippen LogP contribution in [0.1, 0.15) is 43.4 Å². The molecule has 0 aromatic heterocycles. The topological polar surface area (TPSA) is 83.1 Å². The van der Waals surface area contributed by atoms with Crippen LogP contribution in [0.25, 0.3) is 0 Å². The summed E-state index contributed by atoms with van der Waals surface area (Å²) in [4.78, 5) is 0.191. The molecule has 0 aliphatic rings. The lowest BCUT2D eigenvalue weighted by Gasteiger charge is -2.39. The molecule has 40 heavy (non-hydrogen) atoms. The Bertz CT molecular complexity index is 1340. The van der Waals surface area contributed by atoms with Gasteiger partial charge in [0.15, 0.2) is 8.32 Å². The molecule has 0 saturated carbocycles. The number of benzene rings is 3. The van der Waals surface area contributed by atoms with Gasteiger partial charge in [0, 0.05) is 23.6 Å². The van der Waals surface area contributed by atoms with Crippen molar-refractivity contribution in [1.82, 2.24) is 4.72 Å². The van der Waals surface area contributed by atoms with Crippen LogP contribution < -0.4 is 18.9 Å². The van der Waals surface area contributed by atoms with Gasteiger partial charge in [0.25, 0.3) is 0 Å². The molecule has 3 aromatic rings. The maximum absolute atomic E-state index is 13.8. The molecule has 0 aliphatic carbocycles. The molecule has 0 spiro atoms. The molecular weight excluding hydrogens is 542 g/mol. The first-order chi connectivity index (χ1) is 18.7. The molecule has 0 bridgehead atoms. The lowest BCUT2D eigenvalue weighted by molar-refractivity contribution is 0.243. The van der Waals surface area contributed by atoms with Crippen LogP contribution in [-0.4, -0.2) is 50.7 Å². The lowest BCUT2D eigenvalue weighted by atomic mass is 9.84. The first-order valence-corrected chi connectivity index (χ1v) is 17.7. The minimum Gasteiger partial charge on any atom is -0.496 e. The number of methoxy groups -OCH3 is 3. The predicted molar refractivity (Wildman–Crippen MR) is 163 cm³/mol. The van der Waals surface area contributed by atoms with Gasteiger partial charge in [0.05, 0.1) is 38.9 Å². The van der Waals surface area contributed by atoms with Gasteiger partial charge < -0.3 is 18.6 Å². The van der Waals surface area contributed by atoms with Gasteiger partial charge in [-0.2, -0.15) is 0 Å². The van der Waals surface area contributed by atoms with E-state index in [0.29, 0.717) is 22.8 Å². The Hall–Kier alpha value is -2.85. The number of sulfonamides is 1. The fraction of sp³-hybridized carbons (Fsp3) is 0.419. The molecule has 0 radical (unpaired) electrons. The van der Waals surface area contributed by atoms with Crippen molar-refractivity contribution < 1.29 is 27.1 Å². The minimum atomic E-state index is -3.91. The molecule has 0 amide bonds. The number of aryl methyl sites for hydroxylation is 1. The monoisotopic (exact) mass is 585 g/mol. The maximum Gasteiger partial charge on any atom is 0.240 e. The van der Waals surface area contributed by atoms with E-state index in [0.717, 1.165) is 11.1 Å². The Balaban J connectivity index is 2.25. The average molecular weight is 586 g/mol. The zero-order valence-electron chi connectivity index (χ0n) is 25.1. The second-order valence-electron chi connectivity index (χ2n) is 11.4. The van der Waals surface area contributed by atoms with Crippen LogP contribution in [0.2, 0.25) is 18.1 Å². The maximum atomic E-state index is 13.8. The fourth-order valence-corrected chi connectivity index (χ4v) is 6.56. The molecule has 0 unspecified atom stereocenters. The smallest absolute Gasteiger partial charge is 0.240 e. The van der Waals surface area contributed by atoms with Gasteiger partial charge in [-0.05, 0) is 42.8 Å². The van der Waals surface area contributed by atoms with Crippen LogP contribution in [0.5, 0.6) is 17.2 Å². The molecule has 9 heteroatoms. The van der Waals surface area contributed by atoms with Gasteiger partial charge in [0.1, 0.15) is 17.2 Å². The normalized spacial score (nSPS) is 13.9. The molecule has 7 nitrogen and oxygen atoms in total. The summed E-state index contributed by atoms with van der Waals surface area (Å²) in [5, 5.41) is -0.0644. The number of nitrogens with one attached hydrogen (secondary N) is 1. The molecule has 218 valence electrons. The average Bonchev–Trinajstić information content (AvgIpc) is 2.91. The first-order valence-electron chi connectivity index (χ1n) is 13.3. The number of ether oxygens (including phenoxy) is 3. The Morgan fingerprint density at radius 2 is 1.40 bits per heavy atom. The van der Waals surface area contributed by atoms with Gasteiger partial charge >= 0.3 is 0 Å². The van der Waals surface area contributed by atoms with E-state index < -0.39 is 30.3 Å². The van der Waals surface area contributed by atoms with Crippen molar-refractivity contribution in [3.63, 3.8) is 0 Å². The van der Waals surface area contributed by atoms with Gasteiger partial charge in [-0.25, -0.2) is 13.1 Å². The highest BCUT2D eigenvalue weighted by Crippen LogP contribution is 2.44. The first kappa shape index (κ1) is 31.7. The number of hydrogen-bond acceptors (Lipinski definition) is 6. The zero-order valence-corrected chi connectivity index (χ0v) is 26.9. The third-order valence-electron chi connectivity index (χ3n) is 7.69. The summed E-state index contributed by atoms with van der Waals surface area (Å²) in [5.41, 5.74) is 2.57. The Labute approximate surface area is 241 Å². The van der Waals surface area contributed by atoms with Crippen LogP contribution in [0.4, 0.5) is 0 Å². The van der Waals surface area contributed by atoms with E-state index in [-0.39, 0.29) is 16.5 Å². The van der Waals surface area contributed by atoms with Crippen LogP contribution in [-0.2, 0) is 14.4 Å². The van der Waals surface area contributed by atoms with Gasteiger partial charge in [-0.15, -0.1) is 0 Å². The van der Waals surface area contributed by atoms with Crippen molar-refractivity contribution in [2.75, 3.05) is 27.9 Å². The molecule has 2 atom stereocenters. The second kappa shape index (κ2) is 12.8. The summed E-state index contributed by atoms with van der Waals surface area (Å²) in [6.07, 6.45) is 0. The van der Waals surface area contributed by atoms with Crippen LogP contribution in [0.15, 0.2) is 71.6 Å². The second-order valence-corrected chi connectivity index (χ2v) is 18.0. The molecule has 0 aliphatic heterocycles. The summed E-state index contributed by atoms with van der Waals surface area (Å²) < 4.78 is 54.5. The fourth-order valence-electron chi connectivity index (χ4n) is 4.30. The van der Waals surface area contributed by atoms with Gasteiger partial charge in [-0.1, -0.05) is 68.8 Å². The molecule has 1 N–H and O–H groups in total. The van der Waals surface area contributed by atoms with Crippen molar-refractivity contribution in [3.05, 3.63) is 83.4 Å². The van der Waals surface area contributed by atoms with Crippen LogP contribution in [0, 0.1) is 6.92 Å². The van der Waals surface area contributed by atoms with E-state index in [1.807, 2.05) is 37.3 Å². The minimum absolute atomic E-state index is 0.0644. The third-order valence-corrected chi connectivity index (χ3v) is 13.7. The van der Waals surface area contributed by atoms with Gasteiger partial charge in [-0.3, -0.25) is 0 Å². The summed E-state index contributed by atoms with van der Waals surface area (Å²) in [6.45, 7) is 12.9. The molecule has 3 aromatic carbocycles. The SMILES string of the molecule is COc1cc(OC)c([C@H](c2ccccc2)[C@H](CO[Si](C)(C)C(C)(C)C)NS(=O)(=O)c2ccc(C)cc2)c(OC)c1. The molecule has 0 saturated heterocycles. The van der Waals surface area contributed by atoms with Crippen molar-refractivity contribution in [3.8, 4) is 17.2 Å².